The number of hydrogen-bond acceptors (Lipinski definition) is 3. The fourth-order valence-electron chi connectivity index (χ4n) is 1.50. The van der Waals surface area contributed by atoms with Gasteiger partial charge in [-0.2, -0.15) is 0 Å². The fraction of sp³-hybridized carbons (Fsp3) is 0.636. The summed E-state index contributed by atoms with van der Waals surface area (Å²) >= 11 is 1.82. The van der Waals surface area contributed by atoms with Crippen molar-refractivity contribution in [3.05, 3.63) is 22.4 Å². The van der Waals surface area contributed by atoms with Gasteiger partial charge < -0.3 is 11.1 Å². The van der Waals surface area contributed by atoms with Crippen molar-refractivity contribution in [3.8, 4) is 0 Å². The van der Waals surface area contributed by atoms with Gasteiger partial charge in [0.2, 0.25) is 0 Å². The molecule has 1 rings (SSSR count). The molecule has 2 nitrogen and oxygen atoms in total. The smallest absolute Gasteiger partial charge is 0.0417 e. The first-order valence-electron chi connectivity index (χ1n) is 5.27. The Hall–Kier alpha value is -0.380. The van der Waals surface area contributed by atoms with E-state index < -0.39 is 0 Å². The Morgan fingerprint density at radius 2 is 2.36 bits per heavy atom. The van der Waals surface area contributed by atoms with Crippen LogP contribution >= 0.6 is 11.3 Å². The number of thiophene rings is 1. The van der Waals surface area contributed by atoms with Crippen LogP contribution in [0, 0.1) is 0 Å². The highest BCUT2D eigenvalue weighted by Crippen LogP contribution is 2.23. The van der Waals surface area contributed by atoms with E-state index in [-0.39, 0.29) is 0 Å². The predicted molar refractivity (Wildman–Crippen MR) is 63.6 cm³/mol. The van der Waals surface area contributed by atoms with E-state index in [0.717, 1.165) is 0 Å². The largest absolute Gasteiger partial charge is 0.329 e. The van der Waals surface area contributed by atoms with Crippen LogP contribution < -0.4 is 11.1 Å². The second kappa shape index (κ2) is 6.17. The molecule has 2 atom stereocenters. The summed E-state index contributed by atoms with van der Waals surface area (Å²) in [6, 6.07) is 5.19. The number of rotatable bonds is 6. The average Bonchev–Trinajstić information content (AvgIpc) is 2.69. The summed E-state index contributed by atoms with van der Waals surface area (Å²) in [5, 5.41) is 5.69. The van der Waals surface area contributed by atoms with Gasteiger partial charge in [-0.15, -0.1) is 11.3 Å². The monoisotopic (exact) mass is 212 g/mol. The standard InChI is InChI=1S/C11H20N2S/c1-3-5-10(13-9(2)8-12)11-6-4-7-14-11/h4,6-7,9-10,13H,3,5,8,12H2,1-2H3. The Labute approximate surface area is 90.5 Å². The maximum Gasteiger partial charge on any atom is 0.0417 e. The molecule has 3 heteroatoms. The van der Waals surface area contributed by atoms with Crippen molar-refractivity contribution in [3.63, 3.8) is 0 Å². The maximum absolute atomic E-state index is 5.61. The molecule has 14 heavy (non-hydrogen) atoms. The zero-order chi connectivity index (χ0) is 10.4. The molecule has 0 aromatic carbocycles. The zero-order valence-electron chi connectivity index (χ0n) is 8.99. The highest BCUT2D eigenvalue weighted by atomic mass is 32.1. The van der Waals surface area contributed by atoms with Gasteiger partial charge in [0, 0.05) is 23.5 Å². The van der Waals surface area contributed by atoms with Crippen LogP contribution in [0.25, 0.3) is 0 Å². The molecule has 0 amide bonds. The Morgan fingerprint density at radius 3 is 2.86 bits per heavy atom. The van der Waals surface area contributed by atoms with Gasteiger partial charge >= 0.3 is 0 Å². The Kier molecular flexibility index (Phi) is 5.15. The molecular formula is C11H20N2S. The molecule has 80 valence electrons. The van der Waals surface area contributed by atoms with E-state index >= 15 is 0 Å². The van der Waals surface area contributed by atoms with Gasteiger partial charge in [-0.1, -0.05) is 19.4 Å². The van der Waals surface area contributed by atoms with Gasteiger partial charge in [0.05, 0.1) is 0 Å². The molecule has 0 bridgehead atoms. The third kappa shape index (κ3) is 3.40. The van der Waals surface area contributed by atoms with Crippen molar-refractivity contribution in [2.75, 3.05) is 6.54 Å². The Morgan fingerprint density at radius 1 is 1.57 bits per heavy atom. The van der Waals surface area contributed by atoms with Crippen LogP contribution in [0.1, 0.15) is 37.6 Å². The van der Waals surface area contributed by atoms with Crippen molar-refractivity contribution >= 4 is 11.3 Å². The molecule has 0 aliphatic heterocycles. The molecule has 0 aliphatic carbocycles. The SMILES string of the molecule is CCCC(NC(C)CN)c1cccs1. The molecule has 2 unspecified atom stereocenters. The van der Waals surface area contributed by atoms with Gasteiger partial charge in [0.1, 0.15) is 0 Å². The highest BCUT2D eigenvalue weighted by Gasteiger charge is 2.13. The first-order chi connectivity index (χ1) is 6.77. The minimum Gasteiger partial charge on any atom is -0.329 e. The van der Waals surface area contributed by atoms with Crippen LogP contribution in [0.4, 0.5) is 0 Å². The molecule has 0 saturated heterocycles. The molecule has 1 heterocycles. The molecule has 0 fully saturated rings. The van der Waals surface area contributed by atoms with Gasteiger partial charge in [0.25, 0.3) is 0 Å². The first kappa shape index (κ1) is 11.7. The van der Waals surface area contributed by atoms with Crippen LogP contribution in [0.3, 0.4) is 0 Å². The molecule has 1 aromatic heterocycles. The summed E-state index contributed by atoms with van der Waals surface area (Å²) < 4.78 is 0. The quantitative estimate of drug-likeness (QED) is 0.760. The summed E-state index contributed by atoms with van der Waals surface area (Å²) in [7, 11) is 0. The number of nitrogens with one attached hydrogen (secondary N) is 1. The second-order valence-electron chi connectivity index (χ2n) is 3.66. The molecular weight excluding hydrogens is 192 g/mol. The normalized spacial score (nSPS) is 15.4. The van der Waals surface area contributed by atoms with E-state index in [4.69, 9.17) is 5.73 Å². The van der Waals surface area contributed by atoms with Crippen LogP contribution in [0.2, 0.25) is 0 Å². The molecule has 0 spiro atoms. The number of nitrogens with two attached hydrogens (primary N) is 1. The Bertz CT molecular complexity index is 233. The third-order valence-corrected chi connectivity index (χ3v) is 3.29. The second-order valence-corrected chi connectivity index (χ2v) is 4.64. The minimum absolute atomic E-state index is 0.397. The van der Waals surface area contributed by atoms with Crippen molar-refractivity contribution in [2.45, 2.75) is 38.8 Å². The van der Waals surface area contributed by atoms with E-state index in [1.807, 2.05) is 11.3 Å². The van der Waals surface area contributed by atoms with Gasteiger partial charge in [-0.3, -0.25) is 0 Å². The van der Waals surface area contributed by atoms with Crippen molar-refractivity contribution in [2.24, 2.45) is 5.73 Å². The lowest BCUT2D eigenvalue weighted by Crippen LogP contribution is -2.35. The maximum atomic E-state index is 5.61. The van der Waals surface area contributed by atoms with Crippen molar-refractivity contribution < 1.29 is 0 Å². The van der Waals surface area contributed by atoms with Crippen LogP contribution in [-0.4, -0.2) is 12.6 Å². The Balaban J connectivity index is 2.55. The summed E-state index contributed by atoms with van der Waals surface area (Å²) in [5.74, 6) is 0. The molecule has 0 aliphatic rings. The van der Waals surface area contributed by atoms with Gasteiger partial charge in [-0.25, -0.2) is 0 Å². The van der Waals surface area contributed by atoms with Gasteiger partial charge in [-0.05, 0) is 24.8 Å². The lowest BCUT2D eigenvalue weighted by molar-refractivity contribution is 0.440. The van der Waals surface area contributed by atoms with E-state index in [0.29, 0.717) is 18.6 Å². The van der Waals surface area contributed by atoms with E-state index in [1.54, 1.807) is 0 Å². The molecule has 0 saturated carbocycles. The fourth-order valence-corrected chi connectivity index (χ4v) is 2.32. The molecule has 3 N–H and O–H groups in total. The lowest BCUT2D eigenvalue weighted by Gasteiger charge is -2.21. The van der Waals surface area contributed by atoms with Gasteiger partial charge in [0.15, 0.2) is 0 Å². The van der Waals surface area contributed by atoms with E-state index in [9.17, 15) is 0 Å². The summed E-state index contributed by atoms with van der Waals surface area (Å²) in [6.07, 6.45) is 2.39. The van der Waals surface area contributed by atoms with Crippen LogP contribution in [-0.2, 0) is 0 Å². The summed E-state index contributed by atoms with van der Waals surface area (Å²) in [6.45, 7) is 5.05. The minimum atomic E-state index is 0.397. The van der Waals surface area contributed by atoms with Crippen molar-refractivity contribution in [1.29, 1.82) is 0 Å². The van der Waals surface area contributed by atoms with E-state index in [1.165, 1.54) is 17.7 Å². The molecule has 0 radical (unpaired) electrons. The van der Waals surface area contributed by atoms with Crippen LogP contribution in [0.5, 0.6) is 0 Å². The zero-order valence-corrected chi connectivity index (χ0v) is 9.81. The number of hydrogen-bond donors (Lipinski definition) is 2. The highest BCUT2D eigenvalue weighted by molar-refractivity contribution is 7.10. The third-order valence-electron chi connectivity index (χ3n) is 2.30. The molecule has 1 aromatic rings. The summed E-state index contributed by atoms with van der Waals surface area (Å²) in [5.41, 5.74) is 5.61. The average molecular weight is 212 g/mol. The predicted octanol–water partition coefficient (Wildman–Crippen LogP) is 2.53. The van der Waals surface area contributed by atoms with E-state index in [2.05, 4.69) is 36.7 Å². The first-order valence-corrected chi connectivity index (χ1v) is 6.15. The topological polar surface area (TPSA) is 38.0 Å². The lowest BCUT2D eigenvalue weighted by atomic mass is 10.1. The van der Waals surface area contributed by atoms with Crippen molar-refractivity contribution in [1.82, 2.24) is 5.32 Å². The van der Waals surface area contributed by atoms with Crippen LogP contribution in [0.15, 0.2) is 17.5 Å². The summed E-state index contributed by atoms with van der Waals surface area (Å²) in [4.78, 5) is 1.42.